The summed E-state index contributed by atoms with van der Waals surface area (Å²) in [5, 5.41) is 15.9. The van der Waals surface area contributed by atoms with Crippen LogP contribution in [0.25, 0.3) is 0 Å². The van der Waals surface area contributed by atoms with Crippen LogP contribution < -0.4 is 0 Å². The second kappa shape index (κ2) is 3.04. The largest absolute Gasteiger partial charge is 0.481 e. The Hall–Kier alpha value is -1.60. The van der Waals surface area contributed by atoms with Gasteiger partial charge in [0.1, 0.15) is 5.69 Å². The SMILES string of the molecule is O=C(O)Cc1n[nH]nc1C(F)(F)F. The van der Waals surface area contributed by atoms with Gasteiger partial charge in [-0.25, -0.2) is 0 Å². The number of aromatic amines is 1. The van der Waals surface area contributed by atoms with E-state index in [1.165, 1.54) is 0 Å². The Balaban J connectivity index is 2.96. The van der Waals surface area contributed by atoms with Gasteiger partial charge in [-0.3, -0.25) is 4.79 Å². The minimum absolute atomic E-state index is 0.611. The number of aliphatic carboxylic acids is 1. The molecule has 0 aliphatic rings. The topological polar surface area (TPSA) is 78.9 Å². The predicted molar refractivity (Wildman–Crippen MR) is 32.7 cm³/mol. The van der Waals surface area contributed by atoms with E-state index in [1.54, 1.807) is 5.21 Å². The Morgan fingerprint density at radius 2 is 2.08 bits per heavy atom. The van der Waals surface area contributed by atoms with Crippen LogP contribution in [0.15, 0.2) is 0 Å². The van der Waals surface area contributed by atoms with Crippen molar-refractivity contribution in [1.82, 2.24) is 15.4 Å². The molecule has 72 valence electrons. The summed E-state index contributed by atoms with van der Waals surface area (Å²) in [5.74, 6) is -1.39. The molecule has 1 aromatic rings. The Kier molecular flexibility index (Phi) is 2.22. The van der Waals surface area contributed by atoms with Crippen molar-refractivity contribution in [1.29, 1.82) is 0 Å². The molecule has 0 aliphatic heterocycles. The molecule has 0 bridgehead atoms. The van der Waals surface area contributed by atoms with Gasteiger partial charge in [0, 0.05) is 0 Å². The van der Waals surface area contributed by atoms with E-state index >= 15 is 0 Å². The quantitative estimate of drug-likeness (QED) is 0.718. The molecule has 1 aromatic heterocycles. The van der Waals surface area contributed by atoms with Gasteiger partial charge in [-0.15, -0.1) is 0 Å². The molecule has 5 nitrogen and oxygen atoms in total. The number of carbonyl (C=O) groups is 1. The molecule has 1 heterocycles. The highest BCUT2D eigenvalue weighted by Gasteiger charge is 2.37. The summed E-state index contributed by atoms with van der Waals surface area (Å²) < 4.78 is 36.1. The first-order chi connectivity index (χ1) is 5.91. The minimum atomic E-state index is -4.67. The van der Waals surface area contributed by atoms with Gasteiger partial charge >= 0.3 is 12.1 Å². The summed E-state index contributed by atoms with van der Waals surface area (Å²) in [7, 11) is 0. The lowest BCUT2D eigenvalue weighted by Crippen LogP contribution is -2.12. The minimum Gasteiger partial charge on any atom is -0.481 e. The lowest BCUT2D eigenvalue weighted by Gasteiger charge is -2.01. The number of nitrogens with one attached hydrogen (secondary N) is 1. The van der Waals surface area contributed by atoms with Crippen LogP contribution in [-0.2, 0) is 17.4 Å². The first kappa shape index (κ1) is 9.49. The lowest BCUT2D eigenvalue weighted by molar-refractivity contribution is -0.142. The number of hydrogen-bond donors (Lipinski definition) is 2. The van der Waals surface area contributed by atoms with Gasteiger partial charge in [0.2, 0.25) is 0 Å². The molecule has 0 spiro atoms. The highest BCUT2D eigenvalue weighted by Crippen LogP contribution is 2.29. The van der Waals surface area contributed by atoms with E-state index in [9.17, 15) is 18.0 Å². The van der Waals surface area contributed by atoms with E-state index in [0.717, 1.165) is 0 Å². The van der Waals surface area contributed by atoms with Crippen LogP contribution in [0.1, 0.15) is 11.4 Å². The molecule has 0 saturated heterocycles. The molecule has 0 aliphatic carbocycles. The molecule has 0 aromatic carbocycles. The highest BCUT2D eigenvalue weighted by molar-refractivity contribution is 5.69. The molecule has 2 N–H and O–H groups in total. The summed E-state index contributed by atoms with van der Waals surface area (Å²) in [4.78, 5) is 10.1. The third-order valence-corrected chi connectivity index (χ3v) is 1.21. The molecule has 8 heteroatoms. The standard InChI is InChI=1S/C5H4F3N3O2/c6-5(7,8)4-2(1-3(12)13)9-11-10-4/h1H2,(H,12,13)(H,9,10,11). The number of carboxylic acids is 1. The monoisotopic (exact) mass is 195 g/mol. The Labute approximate surface area is 69.6 Å². The maximum absolute atomic E-state index is 12.0. The van der Waals surface area contributed by atoms with Gasteiger partial charge in [0.25, 0.3) is 0 Å². The molecule has 0 unspecified atom stereocenters. The normalized spacial score (nSPS) is 11.6. The molecule has 1 rings (SSSR count). The van der Waals surface area contributed by atoms with Gasteiger partial charge in [-0.1, -0.05) is 0 Å². The second-order valence-corrected chi connectivity index (χ2v) is 2.19. The number of carboxylic acid groups (broad SMARTS) is 1. The molecular formula is C5H4F3N3O2. The number of hydrogen-bond acceptors (Lipinski definition) is 3. The van der Waals surface area contributed by atoms with Gasteiger partial charge in [-0.05, 0) is 0 Å². The van der Waals surface area contributed by atoms with Crippen LogP contribution in [0.2, 0.25) is 0 Å². The van der Waals surface area contributed by atoms with Crippen molar-refractivity contribution in [2.24, 2.45) is 0 Å². The van der Waals surface area contributed by atoms with E-state index in [0.29, 0.717) is 0 Å². The van der Waals surface area contributed by atoms with Crippen LogP contribution in [0, 0.1) is 0 Å². The van der Waals surface area contributed by atoms with Crippen LogP contribution in [0.3, 0.4) is 0 Å². The lowest BCUT2D eigenvalue weighted by atomic mass is 10.2. The third-order valence-electron chi connectivity index (χ3n) is 1.21. The molecule has 13 heavy (non-hydrogen) atoms. The van der Waals surface area contributed by atoms with Crippen molar-refractivity contribution in [2.45, 2.75) is 12.6 Å². The van der Waals surface area contributed by atoms with Crippen molar-refractivity contribution in [3.8, 4) is 0 Å². The number of aromatic nitrogens is 3. The van der Waals surface area contributed by atoms with E-state index in [4.69, 9.17) is 5.11 Å². The van der Waals surface area contributed by atoms with Crippen molar-refractivity contribution in [2.75, 3.05) is 0 Å². The fourth-order valence-corrected chi connectivity index (χ4v) is 0.746. The van der Waals surface area contributed by atoms with Crippen molar-refractivity contribution >= 4 is 5.97 Å². The number of H-pyrrole nitrogens is 1. The molecule has 0 atom stereocenters. The van der Waals surface area contributed by atoms with Crippen LogP contribution in [0.4, 0.5) is 13.2 Å². The van der Waals surface area contributed by atoms with E-state index in [-0.39, 0.29) is 0 Å². The van der Waals surface area contributed by atoms with Gasteiger partial charge in [0.05, 0.1) is 6.42 Å². The average Bonchev–Trinajstić information content (AvgIpc) is 2.31. The van der Waals surface area contributed by atoms with Crippen molar-refractivity contribution < 1.29 is 23.1 Å². The fourth-order valence-electron chi connectivity index (χ4n) is 0.746. The van der Waals surface area contributed by atoms with Gasteiger partial charge in [0.15, 0.2) is 5.69 Å². The average molecular weight is 195 g/mol. The van der Waals surface area contributed by atoms with E-state index in [2.05, 4.69) is 10.2 Å². The summed E-state index contributed by atoms with van der Waals surface area (Å²) in [6, 6.07) is 0. The first-order valence-electron chi connectivity index (χ1n) is 3.10. The maximum atomic E-state index is 12.0. The van der Waals surface area contributed by atoms with Crippen molar-refractivity contribution in [3.63, 3.8) is 0 Å². The summed E-state index contributed by atoms with van der Waals surface area (Å²) in [6.07, 6.45) is -5.47. The van der Waals surface area contributed by atoms with E-state index < -0.39 is 30.0 Å². The molecular weight excluding hydrogens is 191 g/mol. The molecule has 0 amide bonds. The zero-order valence-corrected chi connectivity index (χ0v) is 6.09. The second-order valence-electron chi connectivity index (χ2n) is 2.19. The number of rotatable bonds is 2. The predicted octanol–water partition coefficient (Wildman–Crippen LogP) is 0.451. The zero-order chi connectivity index (χ0) is 10.1. The molecule has 0 saturated carbocycles. The number of nitrogens with zero attached hydrogens (tertiary/aromatic N) is 2. The van der Waals surface area contributed by atoms with Crippen LogP contribution >= 0.6 is 0 Å². The Bertz CT molecular complexity index is 319. The highest BCUT2D eigenvalue weighted by atomic mass is 19.4. The summed E-state index contributed by atoms with van der Waals surface area (Å²) in [6.45, 7) is 0. The van der Waals surface area contributed by atoms with Crippen molar-refractivity contribution in [3.05, 3.63) is 11.4 Å². The third kappa shape index (κ3) is 2.17. The zero-order valence-electron chi connectivity index (χ0n) is 6.09. The molecule has 0 fully saturated rings. The summed E-state index contributed by atoms with van der Waals surface area (Å²) in [5.41, 5.74) is -1.89. The van der Waals surface area contributed by atoms with Gasteiger partial charge in [-0.2, -0.15) is 28.6 Å². The first-order valence-corrected chi connectivity index (χ1v) is 3.10. The number of halogens is 3. The van der Waals surface area contributed by atoms with Crippen LogP contribution in [-0.4, -0.2) is 26.5 Å². The number of alkyl halides is 3. The van der Waals surface area contributed by atoms with Crippen LogP contribution in [0.5, 0.6) is 0 Å². The van der Waals surface area contributed by atoms with E-state index in [1.807, 2.05) is 0 Å². The Morgan fingerprint density at radius 3 is 2.54 bits per heavy atom. The molecule has 0 radical (unpaired) electrons. The fraction of sp³-hybridized carbons (Fsp3) is 0.400. The Morgan fingerprint density at radius 1 is 1.46 bits per heavy atom. The maximum Gasteiger partial charge on any atom is 0.437 e. The van der Waals surface area contributed by atoms with Gasteiger partial charge < -0.3 is 5.11 Å². The smallest absolute Gasteiger partial charge is 0.437 e. The summed E-state index contributed by atoms with van der Waals surface area (Å²) >= 11 is 0.